The highest BCUT2D eigenvalue weighted by Crippen LogP contribution is 2.18. The topological polar surface area (TPSA) is 52.6 Å². The zero-order chi connectivity index (χ0) is 12.8. The van der Waals surface area contributed by atoms with Gasteiger partial charge in [-0.15, -0.1) is 11.6 Å². The molecule has 0 aliphatic rings. The van der Waals surface area contributed by atoms with Gasteiger partial charge in [0.15, 0.2) is 0 Å². The van der Waals surface area contributed by atoms with Gasteiger partial charge in [0.1, 0.15) is 5.57 Å². The number of halogens is 1. The zero-order valence-corrected chi connectivity index (χ0v) is 10.8. The van der Waals surface area contributed by atoms with Crippen molar-refractivity contribution in [3.05, 3.63) is 11.6 Å². The Bertz CT molecular complexity index is 269. The molecule has 0 saturated carbocycles. The summed E-state index contributed by atoms with van der Waals surface area (Å²) < 4.78 is 9.50. The summed E-state index contributed by atoms with van der Waals surface area (Å²) in [6, 6.07) is 0. The predicted octanol–water partition coefficient (Wildman–Crippen LogP) is 2.06. The van der Waals surface area contributed by atoms with E-state index in [-0.39, 0.29) is 18.8 Å². The van der Waals surface area contributed by atoms with E-state index in [2.05, 4.69) is 0 Å². The Hall–Kier alpha value is -1.03. The third-order valence-electron chi connectivity index (χ3n) is 1.48. The van der Waals surface area contributed by atoms with Crippen LogP contribution in [0.4, 0.5) is 0 Å². The van der Waals surface area contributed by atoms with Crippen LogP contribution < -0.4 is 0 Å². The van der Waals surface area contributed by atoms with Crippen LogP contribution in [0.25, 0.3) is 0 Å². The summed E-state index contributed by atoms with van der Waals surface area (Å²) in [4.78, 5) is 22.2. The average molecular weight is 249 g/mol. The summed E-state index contributed by atoms with van der Waals surface area (Å²) in [6.45, 7) is 7.02. The molecular weight excluding hydrogens is 232 g/mol. The molecule has 0 spiro atoms. The molecule has 0 rings (SSSR count). The van der Waals surface area contributed by atoms with Gasteiger partial charge in [0.25, 0.3) is 0 Å². The fourth-order valence-corrected chi connectivity index (χ4v) is 1.07. The molecule has 0 fully saturated rings. The van der Waals surface area contributed by atoms with Crippen LogP contribution in [0.2, 0.25) is 0 Å². The number of hydrogen-bond donors (Lipinski definition) is 0. The highest BCUT2D eigenvalue weighted by molar-refractivity contribution is 6.26. The first-order chi connectivity index (χ1) is 7.31. The number of ether oxygens (including phenoxy) is 2. The van der Waals surface area contributed by atoms with Crippen molar-refractivity contribution in [3.8, 4) is 0 Å². The molecule has 0 N–H and O–H groups in total. The molecule has 0 unspecified atom stereocenters. The largest absolute Gasteiger partial charge is 0.462 e. The lowest BCUT2D eigenvalue weighted by atomic mass is 10.1. The average Bonchev–Trinajstić information content (AvgIpc) is 2.13. The summed E-state index contributed by atoms with van der Waals surface area (Å²) >= 11 is 5.92. The van der Waals surface area contributed by atoms with E-state index in [0.717, 1.165) is 0 Å². The molecule has 4 nitrogen and oxygen atoms in total. The van der Waals surface area contributed by atoms with Crippen LogP contribution in [0.1, 0.15) is 27.7 Å². The summed E-state index contributed by atoms with van der Waals surface area (Å²) in [7, 11) is 0. The Kier molecular flexibility index (Phi) is 6.11. The Morgan fingerprint density at radius 2 is 1.50 bits per heavy atom. The van der Waals surface area contributed by atoms with Gasteiger partial charge < -0.3 is 9.47 Å². The van der Waals surface area contributed by atoms with Crippen LogP contribution in [-0.4, -0.2) is 30.0 Å². The molecule has 0 aliphatic heterocycles. The van der Waals surface area contributed by atoms with E-state index >= 15 is 0 Å². The number of hydrogen-bond acceptors (Lipinski definition) is 4. The van der Waals surface area contributed by atoms with Crippen LogP contribution >= 0.6 is 11.6 Å². The smallest absolute Gasteiger partial charge is 0.345 e. The van der Waals surface area contributed by atoms with Gasteiger partial charge in [0.2, 0.25) is 0 Å². The van der Waals surface area contributed by atoms with Crippen molar-refractivity contribution >= 4 is 23.5 Å². The monoisotopic (exact) mass is 248 g/mol. The first-order valence-electron chi connectivity index (χ1n) is 5.07. The Balaban J connectivity index is 4.98. The second-order valence-corrected chi connectivity index (χ2v) is 4.54. The lowest BCUT2D eigenvalue weighted by molar-refractivity contribution is -0.146. The number of alkyl halides is 1. The lowest BCUT2D eigenvalue weighted by Gasteiger charge is -2.12. The second-order valence-electron chi connectivity index (χ2n) is 3.56. The maximum Gasteiger partial charge on any atom is 0.345 e. The van der Waals surface area contributed by atoms with Crippen LogP contribution in [-0.2, 0) is 19.1 Å². The van der Waals surface area contributed by atoms with Crippen molar-refractivity contribution < 1.29 is 19.1 Å². The van der Waals surface area contributed by atoms with E-state index in [1.165, 1.54) is 6.08 Å². The van der Waals surface area contributed by atoms with Gasteiger partial charge in [-0.1, -0.05) is 0 Å². The molecule has 0 aromatic carbocycles. The van der Waals surface area contributed by atoms with Gasteiger partial charge in [-0.25, -0.2) is 9.59 Å². The third-order valence-corrected chi connectivity index (χ3v) is 1.59. The molecule has 0 aromatic heterocycles. The number of rotatable bonds is 5. The minimum atomic E-state index is -0.811. The van der Waals surface area contributed by atoms with E-state index in [4.69, 9.17) is 21.1 Å². The second kappa shape index (κ2) is 6.53. The van der Waals surface area contributed by atoms with Gasteiger partial charge >= 0.3 is 11.9 Å². The van der Waals surface area contributed by atoms with Gasteiger partial charge in [0.05, 0.1) is 18.1 Å². The minimum Gasteiger partial charge on any atom is -0.462 e. The number of carbonyl (C=O) groups excluding carboxylic acids is 2. The Morgan fingerprint density at radius 1 is 1.12 bits per heavy atom. The molecular formula is C11H17ClO4. The van der Waals surface area contributed by atoms with E-state index in [1.54, 1.807) is 27.7 Å². The van der Waals surface area contributed by atoms with Crippen molar-refractivity contribution in [3.63, 3.8) is 0 Å². The van der Waals surface area contributed by atoms with Crippen molar-refractivity contribution in [2.75, 3.05) is 13.2 Å². The molecule has 0 atom stereocenters. The summed E-state index contributed by atoms with van der Waals surface area (Å²) in [5.41, 5.74) is -0.163. The normalized spacial score (nSPS) is 10.6. The number of allylic oxidation sites excluding steroid dienone is 1. The molecule has 0 radical (unpaired) electrons. The number of esters is 2. The van der Waals surface area contributed by atoms with Gasteiger partial charge in [-0.2, -0.15) is 0 Å². The third kappa shape index (κ3) is 5.75. The maximum atomic E-state index is 11.5. The van der Waals surface area contributed by atoms with Crippen molar-refractivity contribution in [2.45, 2.75) is 32.6 Å². The van der Waals surface area contributed by atoms with Crippen LogP contribution in [0.5, 0.6) is 0 Å². The SMILES string of the molecule is CCOC(=O)C(=CC(C)(C)Cl)C(=O)OCC. The van der Waals surface area contributed by atoms with E-state index in [9.17, 15) is 9.59 Å². The summed E-state index contributed by atoms with van der Waals surface area (Å²) in [5, 5.41) is 0. The van der Waals surface area contributed by atoms with E-state index in [0.29, 0.717) is 0 Å². The highest BCUT2D eigenvalue weighted by atomic mass is 35.5. The van der Waals surface area contributed by atoms with Crippen molar-refractivity contribution in [2.24, 2.45) is 0 Å². The molecule has 16 heavy (non-hydrogen) atoms. The lowest BCUT2D eigenvalue weighted by Crippen LogP contribution is -2.21. The minimum absolute atomic E-state index is 0.163. The first-order valence-corrected chi connectivity index (χ1v) is 5.45. The quantitative estimate of drug-likeness (QED) is 0.246. The number of carbonyl (C=O) groups is 2. The predicted molar refractivity (Wildman–Crippen MR) is 61.3 cm³/mol. The fraction of sp³-hybridized carbons (Fsp3) is 0.636. The Morgan fingerprint density at radius 3 is 1.75 bits per heavy atom. The van der Waals surface area contributed by atoms with Crippen molar-refractivity contribution in [1.29, 1.82) is 0 Å². The zero-order valence-electron chi connectivity index (χ0n) is 10.0. The molecule has 0 aliphatic carbocycles. The standard InChI is InChI=1S/C11H17ClO4/c1-5-15-9(13)8(7-11(3,4)12)10(14)16-6-2/h7H,5-6H2,1-4H3. The first kappa shape index (κ1) is 15.0. The molecule has 0 bridgehead atoms. The van der Waals surface area contributed by atoms with Crippen LogP contribution in [0.3, 0.4) is 0 Å². The molecule has 0 heterocycles. The van der Waals surface area contributed by atoms with Crippen LogP contribution in [0, 0.1) is 0 Å². The van der Waals surface area contributed by atoms with E-state index < -0.39 is 16.8 Å². The molecule has 0 saturated heterocycles. The maximum absolute atomic E-state index is 11.5. The summed E-state index contributed by atoms with van der Waals surface area (Å²) in [5.74, 6) is -1.43. The van der Waals surface area contributed by atoms with Gasteiger partial charge in [0, 0.05) is 0 Å². The summed E-state index contributed by atoms with van der Waals surface area (Å²) in [6.07, 6.45) is 1.34. The molecule has 0 amide bonds. The molecule has 92 valence electrons. The molecule has 5 heteroatoms. The van der Waals surface area contributed by atoms with Crippen LogP contribution in [0.15, 0.2) is 11.6 Å². The van der Waals surface area contributed by atoms with Gasteiger partial charge in [-0.3, -0.25) is 0 Å². The Labute approximate surface area is 101 Å². The van der Waals surface area contributed by atoms with Crippen molar-refractivity contribution in [1.82, 2.24) is 0 Å². The van der Waals surface area contributed by atoms with E-state index in [1.807, 2.05) is 0 Å². The fourth-order valence-electron chi connectivity index (χ4n) is 0.962. The van der Waals surface area contributed by atoms with Gasteiger partial charge in [-0.05, 0) is 33.8 Å². The molecule has 0 aromatic rings. The highest BCUT2D eigenvalue weighted by Gasteiger charge is 2.24.